The molecule has 7 nitrogen and oxygen atoms in total. The number of rotatable bonds is 41. The molecular weight excluding hydrogens is 745 g/mol. The van der Waals surface area contributed by atoms with E-state index in [9.17, 15) is 22.6 Å². The number of hydrogen-bond acceptors (Lipinski definition) is 6. The van der Waals surface area contributed by atoms with Gasteiger partial charge in [-0.15, -0.1) is 0 Å². The summed E-state index contributed by atoms with van der Waals surface area (Å²) in [6, 6.07) is 3.75. The molecule has 0 atom stereocenters. The van der Waals surface area contributed by atoms with Crippen molar-refractivity contribution in [2.45, 2.75) is 237 Å². The van der Waals surface area contributed by atoms with Crippen molar-refractivity contribution < 1.29 is 32.0 Å². The lowest BCUT2D eigenvalue weighted by Crippen LogP contribution is -2.19. The van der Waals surface area contributed by atoms with Crippen molar-refractivity contribution in [2.24, 2.45) is 0 Å². The summed E-state index contributed by atoms with van der Waals surface area (Å²) in [5.41, 5.74) is -0.684. The highest BCUT2D eigenvalue weighted by molar-refractivity contribution is 7.86. The van der Waals surface area contributed by atoms with Gasteiger partial charge in [0, 0.05) is 0 Å². The van der Waals surface area contributed by atoms with E-state index in [1.165, 1.54) is 160 Å². The Morgan fingerprint density at radius 1 is 0.466 bits per heavy atom. The quantitative estimate of drug-likeness (QED) is 0.0303. The minimum Gasteiger partial charge on any atom is -0.462 e. The monoisotopic (exact) mass is 831 g/mol. The van der Waals surface area contributed by atoms with E-state index in [2.05, 4.69) is 38.2 Å². The molecule has 1 aromatic rings. The van der Waals surface area contributed by atoms with Crippen LogP contribution in [0.25, 0.3) is 0 Å². The van der Waals surface area contributed by atoms with Crippen LogP contribution in [0.2, 0.25) is 0 Å². The molecule has 1 aromatic carbocycles. The van der Waals surface area contributed by atoms with Crippen molar-refractivity contribution in [3.05, 3.63) is 53.6 Å². The number of unbranched alkanes of at least 4 members (excludes halogenated alkanes) is 30. The Kier molecular flexibility index (Phi) is 35.8. The van der Waals surface area contributed by atoms with Crippen molar-refractivity contribution >= 4 is 22.1 Å². The van der Waals surface area contributed by atoms with Gasteiger partial charge in [-0.05, 0) is 76.3 Å². The minimum absolute atomic E-state index is 0.102. The molecule has 58 heavy (non-hydrogen) atoms. The maximum atomic E-state index is 13.1. The van der Waals surface area contributed by atoms with Crippen LogP contribution in [-0.4, -0.2) is 38.1 Å². The molecule has 8 heteroatoms. The fourth-order valence-electron chi connectivity index (χ4n) is 7.37. The summed E-state index contributed by atoms with van der Waals surface area (Å²) in [5, 5.41) is 0. The average Bonchev–Trinajstić information content (AvgIpc) is 3.21. The van der Waals surface area contributed by atoms with Crippen LogP contribution in [-0.2, 0) is 19.6 Å². The largest absolute Gasteiger partial charge is 0.462 e. The van der Waals surface area contributed by atoms with Gasteiger partial charge in [-0.1, -0.05) is 198 Å². The van der Waals surface area contributed by atoms with Crippen LogP contribution in [0.3, 0.4) is 0 Å². The molecule has 1 rings (SSSR count). The Labute approximate surface area is 356 Å². The zero-order valence-electron chi connectivity index (χ0n) is 37.3. The number of allylic oxidation sites excluding steroid dienone is 4. The number of hydrogen-bond donors (Lipinski definition) is 1. The molecule has 0 spiro atoms. The first-order valence-electron chi connectivity index (χ1n) is 24.1. The van der Waals surface area contributed by atoms with Crippen LogP contribution in [0, 0.1) is 0 Å². The van der Waals surface area contributed by atoms with Crippen molar-refractivity contribution in [2.75, 3.05) is 13.2 Å². The molecule has 0 radical (unpaired) electrons. The van der Waals surface area contributed by atoms with E-state index in [0.717, 1.165) is 63.9 Å². The number of carbonyl (C=O) groups is 2. The summed E-state index contributed by atoms with van der Waals surface area (Å²) in [5.74, 6) is -1.75. The van der Waals surface area contributed by atoms with E-state index >= 15 is 0 Å². The second kappa shape index (κ2) is 38.7. The summed E-state index contributed by atoms with van der Waals surface area (Å²) in [6.07, 6.45) is 50.6. The second-order valence-electron chi connectivity index (χ2n) is 16.4. The minimum atomic E-state index is -4.77. The molecule has 0 aliphatic carbocycles. The molecule has 0 aliphatic rings. The van der Waals surface area contributed by atoms with Gasteiger partial charge < -0.3 is 9.47 Å². The summed E-state index contributed by atoms with van der Waals surface area (Å²) < 4.78 is 44.9. The maximum Gasteiger partial charge on any atom is 0.340 e. The fraction of sp³-hybridized carbons (Fsp3) is 0.760. The normalized spacial score (nSPS) is 11.9. The van der Waals surface area contributed by atoms with Crippen LogP contribution in [0.1, 0.15) is 253 Å². The Balaban J connectivity index is 2.20. The predicted octanol–water partition coefficient (Wildman–Crippen LogP) is 15.7. The van der Waals surface area contributed by atoms with Gasteiger partial charge in [0.15, 0.2) is 0 Å². The molecule has 0 amide bonds. The van der Waals surface area contributed by atoms with E-state index in [4.69, 9.17) is 9.47 Å². The Hall–Kier alpha value is -2.45. The van der Waals surface area contributed by atoms with E-state index in [1.807, 2.05) is 0 Å². The third-order valence-electron chi connectivity index (χ3n) is 11.0. The van der Waals surface area contributed by atoms with Gasteiger partial charge in [-0.3, -0.25) is 4.55 Å². The van der Waals surface area contributed by atoms with Crippen molar-refractivity contribution in [3.63, 3.8) is 0 Å². The molecule has 0 aliphatic heterocycles. The van der Waals surface area contributed by atoms with Gasteiger partial charge >= 0.3 is 11.9 Å². The van der Waals surface area contributed by atoms with Crippen molar-refractivity contribution in [1.82, 2.24) is 0 Å². The first kappa shape index (κ1) is 53.6. The van der Waals surface area contributed by atoms with Gasteiger partial charge in [0.25, 0.3) is 10.1 Å². The van der Waals surface area contributed by atoms with E-state index < -0.39 is 32.5 Å². The molecule has 0 aromatic heterocycles. The lowest BCUT2D eigenvalue weighted by atomic mass is 10.1. The zero-order valence-corrected chi connectivity index (χ0v) is 38.1. The van der Waals surface area contributed by atoms with Gasteiger partial charge in [-0.25, -0.2) is 9.59 Å². The van der Waals surface area contributed by atoms with Crippen LogP contribution >= 0.6 is 0 Å². The van der Waals surface area contributed by atoms with Crippen LogP contribution in [0.4, 0.5) is 0 Å². The van der Waals surface area contributed by atoms with E-state index in [0.29, 0.717) is 12.8 Å². The highest BCUT2D eigenvalue weighted by Crippen LogP contribution is 2.23. The topological polar surface area (TPSA) is 107 Å². The summed E-state index contributed by atoms with van der Waals surface area (Å²) >= 11 is 0. The molecule has 0 saturated carbocycles. The summed E-state index contributed by atoms with van der Waals surface area (Å²) in [6.45, 7) is 4.80. The Morgan fingerprint density at radius 3 is 1.12 bits per heavy atom. The molecule has 0 fully saturated rings. The number of ether oxygens (including phenoxy) is 2. The summed E-state index contributed by atoms with van der Waals surface area (Å²) in [7, 11) is -4.77. The number of esters is 2. The lowest BCUT2D eigenvalue weighted by Gasteiger charge is -2.13. The molecule has 334 valence electrons. The summed E-state index contributed by atoms with van der Waals surface area (Å²) in [4.78, 5) is 25.4. The fourth-order valence-corrected chi connectivity index (χ4v) is 8.07. The predicted molar refractivity (Wildman–Crippen MR) is 243 cm³/mol. The van der Waals surface area contributed by atoms with Gasteiger partial charge in [0.05, 0.1) is 24.3 Å². The first-order valence-corrected chi connectivity index (χ1v) is 25.5. The van der Waals surface area contributed by atoms with Crippen molar-refractivity contribution in [1.29, 1.82) is 0 Å². The van der Waals surface area contributed by atoms with Crippen molar-refractivity contribution in [3.8, 4) is 0 Å². The Morgan fingerprint density at radius 2 is 0.776 bits per heavy atom. The second-order valence-corrected chi connectivity index (χ2v) is 17.8. The third kappa shape index (κ3) is 30.6. The molecule has 0 saturated heterocycles. The zero-order chi connectivity index (χ0) is 42.2. The molecule has 0 unspecified atom stereocenters. The molecular formula is C50H86O7S. The maximum absolute atomic E-state index is 13.1. The smallest absolute Gasteiger partial charge is 0.340 e. The average molecular weight is 831 g/mol. The lowest BCUT2D eigenvalue weighted by molar-refractivity contribution is 0.0446. The molecule has 0 bridgehead atoms. The number of carbonyl (C=O) groups excluding carboxylic acids is 2. The first-order chi connectivity index (χ1) is 28.3. The van der Waals surface area contributed by atoms with Crippen LogP contribution < -0.4 is 0 Å². The van der Waals surface area contributed by atoms with Crippen LogP contribution in [0.15, 0.2) is 47.4 Å². The van der Waals surface area contributed by atoms with E-state index in [-0.39, 0.29) is 18.8 Å². The third-order valence-corrected chi connectivity index (χ3v) is 11.9. The Bertz CT molecular complexity index is 1300. The highest BCUT2D eigenvalue weighted by Gasteiger charge is 2.28. The SMILES string of the molecule is CCCCCCCCCCC/C=C/CCCCCCCCOC(=O)c1cccc(S(=O)(=O)O)c1C(=O)OCCCCCCCC/C=C/CCCCCCCCCCC. The highest BCUT2D eigenvalue weighted by atomic mass is 32.2. The molecule has 0 heterocycles. The molecule has 1 N–H and O–H groups in total. The van der Waals surface area contributed by atoms with E-state index in [1.54, 1.807) is 0 Å². The number of benzene rings is 1. The van der Waals surface area contributed by atoms with Gasteiger partial charge in [0.2, 0.25) is 0 Å². The standard InChI is InChI=1S/C50H86O7S/c1-3-5-7-9-11-13-15-17-19-21-23-25-27-29-31-33-35-37-39-44-56-49(51)46-42-41-43-47(58(53,54)55)48(46)50(52)57-45-40-38-36-34-32-30-28-26-24-22-20-18-16-14-12-10-8-6-4-2/h23-26,41-43H,3-22,27-40,44-45H2,1-2H3,(H,53,54,55)/b25-23+,26-24+. The van der Waals surface area contributed by atoms with Crippen LogP contribution in [0.5, 0.6) is 0 Å². The van der Waals surface area contributed by atoms with Gasteiger partial charge in [-0.2, -0.15) is 8.42 Å². The van der Waals surface area contributed by atoms with Gasteiger partial charge in [0.1, 0.15) is 4.90 Å².